The van der Waals surface area contributed by atoms with E-state index in [-0.39, 0.29) is 11.9 Å². The van der Waals surface area contributed by atoms with Crippen molar-refractivity contribution in [2.24, 2.45) is 0 Å². The molecule has 0 fully saturated rings. The summed E-state index contributed by atoms with van der Waals surface area (Å²) in [5, 5.41) is 3.73. The summed E-state index contributed by atoms with van der Waals surface area (Å²) in [6, 6.07) is 10.7. The van der Waals surface area contributed by atoms with Crippen molar-refractivity contribution in [1.82, 2.24) is 10.3 Å². The molecule has 0 saturated carbocycles. The van der Waals surface area contributed by atoms with Crippen molar-refractivity contribution in [1.29, 1.82) is 0 Å². The van der Waals surface area contributed by atoms with E-state index in [1.54, 1.807) is 30.5 Å². The number of aromatic nitrogens is 1. The van der Waals surface area contributed by atoms with Crippen LogP contribution in [-0.4, -0.2) is 10.9 Å². The SMILES string of the molecule is CC(NC(=O)/C=C/c1cccc(Cl)c1Cl)c1ccccn1. The molecule has 1 heterocycles. The Morgan fingerprint density at radius 2 is 2.05 bits per heavy atom. The number of hydrogen-bond donors (Lipinski definition) is 1. The molecule has 21 heavy (non-hydrogen) atoms. The molecule has 2 aromatic rings. The Kier molecular flexibility index (Phi) is 5.37. The number of rotatable bonds is 4. The van der Waals surface area contributed by atoms with Crippen LogP contribution in [0.5, 0.6) is 0 Å². The van der Waals surface area contributed by atoms with E-state index in [0.29, 0.717) is 15.6 Å². The normalized spacial score (nSPS) is 12.3. The molecule has 0 spiro atoms. The van der Waals surface area contributed by atoms with Crippen LogP contribution >= 0.6 is 23.2 Å². The minimum atomic E-state index is -0.218. The molecule has 1 aromatic carbocycles. The molecule has 3 nitrogen and oxygen atoms in total. The van der Waals surface area contributed by atoms with Gasteiger partial charge in [-0.1, -0.05) is 41.4 Å². The standard InChI is InChI=1S/C16H14Cl2N2O/c1-11(14-7-2-3-10-19-14)20-15(21)9-8-12-5-4-6-13(17)16(12)18/h2-11H,1H3,(H,20,21)/b9-8+. The van der Waals surface area contributed by atoms with E-state index >= 15 is 0 Å². The summed E-state index contributed by atoms with van der Waals surface area (Å²) in [5.74, 6) is -0.218. The summed E-state index contributed by atoms with van der Waals surface area (Å²) in [6.45, 7) is 1.88. The summed E-state index contributed by atoms with van der Waals surface area (Å²) in [5.41, 5.74) is 1.50. The Hall–Kier alpha value is -1.84. The second-order valence-electron chi connectivity index (χ2n) is 4.46. The van der Waals surface area contributed by atoms with E-state index in [0.717, 1.165) is 5.69 Å². The number of carbonyl (C=O) groups is 1. The van der Waals surface area contributed by atoms with Crippen LogP contribution in [0.25, 0.3) is 6.08 Å². The second-order valence-corrected chi connectivity index (χ2v) is 5.25. The Labute approximate surface area is 133 Å². The summed E-state index contributed by atoms with van der Waals surface area (Å²) in [6.07, 6.45) is 4.76. The molecule has 0 saturated heterocycles. The van der Waals surface area contributed by atoms with E-state index in [1.165, 1.54) is 6.08 Å². The van der Waals surface area contributed by atoms with E-state index in [9.17, 15) is 4.79 Å². The lowest BCUT2D eigenvalue weighted by Gasteiger charge is -2.11. The molecular weight excluding hydrogens is 307 g/mol. The average molecular weight is 321 g/mol. The van der Waals surface area contributed by atoms with Gasteiger partial charge in [-0.25, -0.2) is 0 Å². The van der Waals surface area contributed by atoms with Crippen molar-refractivity contribution in [2.75, 3.05) is 0 Å². The monoisotopic (exact) mass is 320 g/mol. The zero-order chi connectivity index (χ0) is 15.2. The number of benzene rings is 1. The fourth-order valence-corrected chi connectivity index (χ4v) is 2.15. The molecular formula is C16H14Cl2N2O. The fraction of sp³-hybridized carbons (Fsp3) is 0.125. The van der Waals surface area contributed by atoms with Crippen LogP contribution in [0.2, 0.25) is 10.0 Å². The van der Waals surface area contributed by atoms with Crippen molar-refractivity contribution in [2.45, 2.75) is 13.0 Å². The third kappa shape index (κ3) is 4.31. The van der Waals surface area contributed by atoms with Gasteiger partial charge in [-0.05, 0) is 36.8 Å². The zero-order valence-electron chi connectivity index (χ0n) is 11.4. The summed E-state index contributed by atoms with van der Waals surface area (Å²) >= 11 is 12.0. The van der Waals surface area contributed by atoms with Crippen molar-refractivity contribution < 1.29 is 4.79 Å². The van der Waals surface area contributed by atoms with Crippen LogP contribution in [0.4, 0.5) is 0 Å². The molecule has 5 heteroatoms. The molecule has 1 atom stereocenters. The minimum absolute atomic E-state index is 0.168. The van der Waals surface area contributed by atoms with Crippen molar-refractivity contribution in [3.05, 3.63) is 70.0 Å². The van der Waals surface area contributed by atoms with Crippen LogP contribution in [0.15, 0.2) is 48.7 Å². The highest BCUT2D eigenvalue weighted by Gasteiger charge is 2.08. The van der Waals surface area contributed by atoms with E-state index < -0.39 is 0 Å². The van der Waals surface area contributed by atoms with Gasteiger partial charge in [0.2, 0.25) is 5.91 Å². The summed E-state index contributed by atoms with van der Waals surface area (Å²) in [4.78, 5) is 16.1. The number of pyridine rings is 1. The van der Waals surface area contributed by atoms with Gasteiger partial charge in [0.15, 0.2) is 0 Å². The Balaban J connectivity index is 2.02. The van der Waals surface area contributed by atoms with E-state index in [1.807, 2.05) is 25.1 Å². The number of halogens is 2. The van der Waals surface area contributed by atoms with Crippen molar-refractivity contribution in [3.8, 4) is 0 Å². The van der Waals surface area contributed by atoms with Gasteiger partial charge in [-0.15, -0.1) is 0 Å². The molecule has 0 aliphatic carbocycles. The number of hydrogen-bond acceptors (Lipinski definition) is 2. The van der Waals surface area contributed by atoms with Crippen LogP contribution in [0, 0.1) is 0 Å². The Morgan fingerprint density at radius 3 is 2.76 bits per heavy atom. The highest BCUT2D eigenvalue weighted by molar-refractivity contribution is 6.42. The van der Waals surface area contributed by atoms with Crippen molar-refractivity contribution in [3.63, 3.8) is 0 Å². The molecule has 1 aromatic heterocycles. The molecule has 0 bridgehead atoms. The van der Waals surface area contributed by atoms with Crippen LogP contribution < -0.4 is 5.32 Å². The van der Waals surface area contributed by atoms with Crippen LogP contribution in [0.1, 0.15) is 24.2 Å². The predicted octanol–water partition coefficient (Wildman–Crippen LogP) is 4.28. The van der Waals surface area contributed by atoms with Gasteiger partial charge in [-0.2, -0.15) is 0 Å². The molecule has 2 rings (SSSR count). The first-order valence-electron chi connectivity index (χ1n) is 6.41. The van der Waals surface area contributed by atoms with Gasteiger partial charge in [0.1, 0.15) is 0 Å². The Morgan fingerprint density at radius 1 is 1.24 bits per heavy atom. The van der Waals surface area contributed by atoms with Crippen LogP contribution in [0.3, 0.4) is 0 Å². The van der Waals surface area contributed by atoms with Gasteiger partial charge in [0.05, 0.1) is 21.8 Å². The highest BCUT2D eigenvalue weighted by Crippen LogP contribution is 2.26. The smallest absolute Gasteiger partial charge is 0.244 e. The van der Waals surface area contributed by atoms with E-state index in [4.69, 9.17) is 23.2 Å². The number of nitrogens with one attached hydrogen (secondary N) is 1. The maximum absolute atomic E-state index is 11.9. The van der Waals surface area contributed by atoms with Gasteiger partial charge >= 0.3 is 0 Å². The van der Waals surface area contributed by atoms with Crippen LogP contribution in [-0.2, 0) is 4.79 Å². The Bertz CT molecular complexity index is 657. The quantitative estimate of drug-likeness (QED) is 0.854. The lowest BCUT2D eigenvalue weighted by molar-refractivity contribution is -0.117. The van der Waals surface area contributed by atoms with Crippen molar-refractivity contribution >= 4 is 35.2 Å². The van der Waals surface area contributed by atoms with Gasteiger partial charge in [0, 0.05) is 12.3 Å². The maximum Gasteiger partial charge on any atom is 0.244 e. The average Bonchev–Trinajstić information content (AvgIpc) is 2.49. The number of amides is 1. The number of carbonyl (C=O) groups excluding carboxylic acids is 1. The fourth-order valence-electron chi connectivity index (χ4n) is 1.78. The van der Waals surface area contributed by atoms with Gasteiger partial charge < -0.3 is 5.32 Å². The molecule has 1 unspecified atom stereocenters. The maximum atomic E-state index is 11.9. The largest absolute Gasteiger partial charge is 0.344 e. The summed E-state index contributed by atoms with van der Waals surface area (Å²) in [7, 11) is 0. The highest BCUT2D eigenvalue weighted by atomic mass is 35.5. The topological polar surface area (TPSA) is 42.0 Å². The molecule has 0 aliphatic rings. The second kappa shape index (κ2) is 7.25. The lowest BCUT2D eigenvalue weighted by atomic mass is 10.2. The van der Waals surface area contributed by atoms with Gasteiger partial charge in [0.25, 0.3) is 0 Å². The van der Waals surface area contributed by atoms with Gasteiger partial charge in [-0.3, -0.25) is 9.78 Å². The first kappa shape index (κ1) is 15.5. The zero-order valence-corrected chi connectivity index (χ0v) is 12.9. The molecule has 1 N–H and O–H groups in total. The number of nitrogens with zero attached hydrogens (tertiary/aromatic N) is 1. The van der Waals surface area contributed by atoms with E-state index in [2.05, 4.69) is 10.3 Å². The molecule has 0 aliphatic heterocycles. The first-order valence-corrected chi connectivity index (χ1v) is 7.17. The molecule has 108 valence electrons. The lowest BCUT2D eigenvalue weighted by Crippen LogP contribution is -2.25. The third-order valence-electron chi connectivity index (χ3n) is 2.89. The third-order valence-corrected chi connectivity index (χ3v) is 3.72. The predicted molar refractivity (Wildman–Crippen MR) is 86.3 cm³/mol. The first-order chi connectivity index (χ1) is 10.1. The minimum Gasteiger partial charge on any atom is -0.344 e. The summed E-state index contributed by atoms with van der Waals surface area (Å²) < 4.78 is 0. The molecule has 0 radical (unpaired) electrons. The molecule has 1 amide bonds.